The van der Waals surface area contributed by atoms with Crippen LogP contribution in [0, 0.1) is 0 Å². The van der Waals surface area contributed by atoms with Gasteiger partial charge in [0.25, 0.3) is 0 Å². The summed E-state index contributed by atoms with van der Waals surface area (Å²) in [5.74, 6) is -0.606. The number of nitrogens with one attached hydrogen (secondary N) is 1. The van der Waals surface area contributed by atoms with Gasteiger partial charge in [-0.3, -0.25) is 4.79 Å². The van der Waals surface area contributed by atoms with Gasteiger partial charge in [-0.1, -0.05) is 102 Å². The van der Waals surface area contributed by atoms with Gasteiger partial charge in [0.2, 0.25) is 5.91 Å². The fourth-order valence-electron chi connectivity index (χ4n) is 4.32. The van der Waals surface area contributed by atoms with E-state index in [1.165, 1.54) is 51.4 Å². The van der Waals surface area contributed by atoms with Crippen LogP contribution in [0.15, 0.2) is 24.3 Å². The number of allylic oxidation sites excluding steroid dienone is 4. The molecule has 4 unspecified atom stereocenters. The molecule has 5 N–H and O–H groups in total. The summed E-state index contributed by atoms with van der Waals surface area (Å²) < 4.78 is 0. The third kappa shape index (κ3) is 21.4. The van der Waals surface area contributed by atoms with E-state index in [4.69, 9.17) is 0 Å². The monoisotopic (exact) mass is 525 g/mol. The average Bonchev–Trinajstić information content (AvgIpc) is 2.90. The molecule has 218 valence electrons. The van der Waals surface area contributed by atoms with E-state index < -0.39 is 36.9 Å². The Labute approximate surface area is 227 Å². The third-order valence-electron chi connectivity index (χ3n) is 6.88. The predicted molar refractivity (Wildman–Crippen MR) is 154 cm³/mol. The maximum Gasteiger partial charge on any atom is 0.249 e. The molecule has 0 saturated heterocycles. The molecule has 4 atom stereocenters. The lowest BCUT2D eigenvalue weighted by molar-refractivity contribution is -0.132. The molecule has 6 heteroatoms. The van der Waals surface area contributed by atoms with Crippen molar-refractivity contribution in [2.45, 2.75) is 160 Å². The minimum absolute atomic E-state index is 0.355. The fraction of sp³-hybridized carbons (Fsp3) is 0.839. The van der Waals surface area contributed by atoms with E-state index in [0.29, 0.717) is 19.3 Å². The molecule has 0 saturated carbocycles. The van der Waals surface area contributed by atoms with Crippen molar-refractivity contribution in [1.29, 1.82) is 0 Å². The van der Waals surface area contributed by atoms with E-state index in [0.717, 1.165) is 51.4 Å². The van der Waals surface area contributed by atoms with E-state index >= 15 is 0 Å². The summed E-state index contributed by atoms with van der Waals surface area (Å²) in [6.07, 6.45) is 25.0. The molecule has 0 spiro atoms. The summed E-state index contributed by atoms with van der Waals surface area (Å²) in [6, 6.07) is -0.998. The van der Waals surface area contributed by atoms with E-state index in [2.05, 4.69) is 43.5 Å². The summed E-state index contributed by atoms with van der Waals surface area (Å²) in [4.78, 5) is 12.3. The van der Waals surface area contributed by atoms with Gasteiger partial charge in [-0.2, -0.15) is 0 Å². The number of carbonyl (C=O) groups excluding carboxylic acids is 1. The van der Waals surface area contributed by atoms with Gasteiger partial charge in [0.15, 0.2) is 0 Å². The molecule has 6 nitrogen and oxygen atoms in total. The van der Waals surface area contributed by atoms with E-state index in [1.807, 2.05) is 0 Å². The molecule has 0 aromatic rings. The molecule has 0 aromatic heterocycles. The number of unbranched alkanes of at least 4 members (excludes halogenated alkanes) is 13. The van der Waals surface area contributed by atoms with Gasteiger partial charge >= 0.3 is 0 Å². The summed E-state index contributed by atoms with van der Waals surface area (Å²) >= 11 is 0. The third-order valence-corrected chi connectivity index (χ3v) is 6.88. The summed E-state index contributed by atoms with van der Waals surface area (Å²) in [7, 11) is 0. The van der Waals surface area contributed by atoms with Gasteiger partial charge in [0.05, 0.1) is 18.8 Å². The molecule has 0 radical (unpaired) electrons. The Morgan fingerprint density at radius 3 is 1.70 bits per heavy atom. The van der Waals surface area contributed by atoms with Gasteiger partial charge in [0, 0.05) is 0 Å². The van der Waals surface area contributed by atoms with Crippen molar-refractivity contribution in [3.63, 3.8) is 0 Å². The first-order chi connectivity index (χ1) is 18.0. The van der Waals surface area contributed by atoms with Gasteiger partial charge in [0.1, 0.15) is 12.2 Å². The first-order valence-corrected chi connectivity index (χ1v) is 15.2. The highest BCUT2D eigenvalue weighted by Crippen LogP contribution is 2.13. The Balaban J connectivity index is 3.92. The smallest absolute Gasteiger partial charge is 0.249 e. The molecule has 1 amide bonds. The number of aliphatic hydroxyl groups is 4. The zero-order chi connectivity index (χ0) is 27.6. The largest absolute Gasteiger partial charge is 0.394 e. The van der Waals surface area contributed by atoms with Crippen LogP contribution in [0.4, 0.5) is 0 Å². The maximum atomic E-state index is 12.3. The quantitative estimate of drug-likeness (QED) is 0.0691. The molecule has 0 fully saturated rings. The van der Waals surface area contributed by atoms with Crippen LogP contribution in [0.5, 0.6) is 0 Å². The lowest BCUT2D eigenvalue weighted by Crippen LogP contribution is -2.53. The van der Waals surface area contributed by atoms with Crippen molar-refractivity contribution in [3.8, 4) is 0 Å². The molecule has 0 bridgehead atoms. The number of carbonyl (C=O) groups is 1. The SMILES string of the molecule is CCCC/C=C/CCCC(O)C(O)C(CO)NC(=O)C(O)CCCCCCCC/C=C\CCCCCC. The van der Waals surface area contributed by atoms with Crippen molar-refractivity contribution >= 4 is 5.91 Å². The van der Waals surface area contributed by atoms with Crippen LogP contribution in [-0.2, 0) is 4.79 Å². The summed E-state index contributed by atoms with van der Waals surface area (Å²) in [5, 5.41) is 42.9. The molecule has 37 heavy (non-hydrogen) atoms. The lowest BCUT2D eigenvalue weighted by Gasteiger charge is -2.27. The average molecular weight is 526 g/mol. The standard InChI is InChI=1S/C31H59NO5/c1-3-5-7-9-11-12-13-14-15-16-17-19-21-23-25-29(35)31(37)32-27(26-33)30(36)28(34)24-22-20-18-10-8-6-4-2/h10,12-13,18,27-30,33-36H,3-9,11,14-17,19-26H2,1-2H3,(H,32,37)/b13-12-,18-10+. The van der Waals surface area contributed by atoms with Crippen molar-refractivity contribution in [2.75, 3.05) is 6.61 Å². The van der Waals surface area contributed by atoms with Crippen LogP contribution < -0.4 is 5.32 Å². The summed E-state index contributed by atoms with van der Waals surface area (Å²) in [6.45, 7) is 3.89. The Kier molecular flexibility index (Phi) is 25.5. The zero-order valence-corrected chi connectivity index (χ0v) is 24.0. The normalized spacial score (nSPS) is 15.3. The van der Waals surface area contributed by atoms with E-state index in [1.54, 1.807) is 0 Å². The highest BCUT2D eigenvalue weighted by molar-refractivity contribution is 5.80. The van der Waals surface area contributed by atoms with Gasteiger partial charge in [-0.15, -0.1) is 0 Å². The lowest BCUT2D eigenvalue weighted by atomic mass is 10.00. The highest BCUT2D eigenvalue weighted by atomic mass is 16.3. The second-order valence-electron chi connectivity index (χ2n) is 10.4. The second-order valence-corrected chi connectivity index (χ2v) is 10.4. The van der Waals surface area contributed by atoms with Crippen LogP contribution in [0.3, 0.4) is 0 Å². The Morgan fingerprint density at radius 1 is 0.649 bits per heavy atom. The fourth-order valence-corrected chi connectivity index (χ4v) is 4.32. The number of hydrogen-bond donors (Lipinski definition) is 5. The molecule has 0 aliphatic carbocycles. The minimum atomic E-state index is -1.28. The maximum absolute atomic E-state index is 12.3. The van der Waals surface area contributed by atoms with E-state index in [9.17, 15) is 25.2 Å². The van der Waals surface area contributed by atoms with Gasteiger partial charge < -0.3 is 25.7 Å². The van der Waals surface area contributed by atoms with Gasteiger partial charge in [-0.25, -0.2) is 0 Å². The first-order valence-electron chi connectivity index (χ1n) is 15.2. The van der Waals surface area contributed by atoms with Gasteiger partial charge in [-0.05, 0) is 57.8 Å². The Morgan fingerprint density at radius 2 is 1.14 bits per heavy atom. The molecular formula is C31H59NO5. The van der Waals surface area contributed by atoms with Crippen LogP contribution in [-0.4, -0.2) is 57.3 Å². The molecule has 0 aliphatic rings. The highest BCUT2D eigenvalue weighted by Gasteiger charge is 2.28. The number of aliphatic hydroxyl groups excluding tert-OH is 4. The second kappa shape index (κ2) is 26.4. The molecular weight excluding hydrogens is 466 g/mol. The van der Waals surface area contributed by atoms with Crippen molar-refractivity contribution in [2.24, 2.45) is 0 Å². The van der Waals surface area contributed by atoms with Crippen LogP contribution in [0.2, 0.25) is 0 Å². The van der Waals surface area contributed by atoms with Crippen LogP contribution in [0.1, 0.15) is 136 Å². The molecule has 0 heterocycles. The number of rotatable bonds is 26. The Hall–Kier alpha value is -1.21. The van der Waals surface area contributed by atoms with Crippen LogP contribution >= 0.6 is 0 Å². The minimum Gasteiger partial charge on any atom is -0.394 e. The molecule has 0 aliphatic heterocycles. The predicted octanol–water partition coefficient (Wildman–Crippen LogP) is 6.11. The number of hydrogen-bond acceptors (Lipinski definition) is 5. The Bertz CT molecular complexity index is 566. The zero-order valence-electron chi connectivity index (χ0n) is 24.0. The van der Waals surface area contributed by atoms with Crippen molar-refractivity contribution < 1.29 is 25.2 Å². The number of amides is 1. The molecule has 0 rings (SSSR count). The van der Waals surface area contributed by atoms with Crippen molar-refractivity contribution in [1.82, 2.24) is 5.32 Å². The summed E-state index contributed by atoms with van der Waals surface area (Å²) in [5.41, 5.74) is 0. The topological polar surface area (TPSA) is 110 Å². The van der Waals surface area contributed by atoms with Crippen LogP contribution in [0.25, 0.3) is 0 Å². The molecule has 0 aromatic carbocycles. The van der Waals surface area contributed by atoms with Crippen molar-refractivity contribution in [3.05, 3.63) is 24.3 Å². The first kappa shape index (κ1) is 35.8. The van der Waals surface area contributed by atoms with E-state index in [-0.39, 0.29) is 0 Å².